The highest BCUT2D eigenvalue weighted by molar-refractivity contribution is 6.58. The second-order valence-corrected chi connectivity index (χ2v) is 3.82. The fourth-order valence-electron chi connectivity index (χ4n) is 0.504. The minimum absolute atomic E-state index is 0.144. The molecule has 0 rings (SSSR count). The topological polar surface area (TPSA) is 26.3 Å². The quantitative estimate of drug-likeness (QED) is 0.222. The Hall–Kier alpha value is -0.783. The first kappa shape index (κ1) is 11.2. The van der Waals surface area contributed by atoms with E-state index in [1.54, 1.807) is 0 Å². The molecular formula is C6H9F3O2Si. The molecule has 0 N–H and O–H groups in total. The van der Waals surface area contributed by atoms with Crippen molar-refractivity contribution in [2.45, 2.75) is 12.5 Å². The highest BCUT2D eigenvalue weighted by Gasteiger charge is 2.35. The third-order valence-corrected chi connectivity index (χ3v) is 1.94. The summed E-state index contributed by atoms with van der Waals surface area (Å²) in [7, 11) is -5.46. The molecule has 0 aromatic rings. The Morgan fingerprint density at radius 2 is 2.08 bits per heavy atom. The molecule has 0 spiro atoms. The molecular weight excluding hydrogens is 189 g/mol. The van der Waals surface area contributed by atoms with E-state index in [0.717, 1.165) is 6.08 Å². The number of esters is 1. The molecule has 0 atom stereocenters. The van der Waals surface area contributed by atoms with Crippen LogP contribution in [0.1, 0.15) is 6.42 Å². The van der Waals surface area contributed by atoms with Crippen LogP contribution in [0, 0.1) is 0 Å². The largest absolute Gasteiger partial charge is 0.616 e. The minimum atomic E-state index is -5.46. The van der Waals surface area contributed by atoms with E-state index in [4.69, 9.17) is 0 Å². The molecule has 12 heavy (non-hydrogen) atoms. The van der Waals surface area contributed by atoms with Crippen molar-refractivity contribution in [3.05, 3.63) is 12.7 Å². The maximum Gasteiger partial charge on any atom is 0.616 e. The van der Waals surface area contributed by atoms with E-state index in [-0.39, 0.29) is 13.0 Å². The van der Waals surface area contributed by atoms with Gasteiger partial charge in [-0.2, -0.15) is 0 Å². The molecule has 0 aliphatic rings. The average molecular weight is 198 g/mol. The van der Waals surface area contributed by atoms with Gasteiger partial charge in [0.1, 0.15) is 0 Å². The molecule has 70 valence electrons. The molecule has 0 unspecified atom stereocenters. The summed E-state index contributed by atoms with van der Waals surface area (Å²) in [6.07, 6.45) is 0.778. The van der Waals surface area contributed by atoms with Crippen LogP contribution < -0.4 is 0 Å². The SMILES string of the molecule is C=CC(=O)OCCC[Si](F)(F)F. The predicted octanol–water partition coefficient (Wildman–Crippen LogP) is 1.95. The van der Waals surface area contributed by atoms with Crippen molar-refractivity contribution >= 4 is 15.0 Å². The van der Waals surface area contributed by atoms with Gasteiger partial charge in [-0.05, 0) is 6.42 Å². The summed E-state index contributed by atoms with van der Waals surface area (Å²) in [5.74, 6) is -0.682. The van der Waals surface area contributed by atoms with E-state index < -0.39 is 21.1 Å². The first-order valence-corrected chi connectivity index (χ1v) is 5.16. The van der Waals surface area contributed by atoms with Crippen LogP contribution in [0.15, 0.2) is 12.7 Å². The van der Waals surface area contributed by atoms with Crippen molar-refractivity contribution in [1.29, 1.82) is 0 Å². The number of carbonyl (C=O) groups excluding carboxylic acids is 1. The van der Waals surface area contributed by atoms with Crippen molar-refractivity contribution in [1.82, 2.24) is 0 Å². The van der Waals surface area contributed by atoms with Gasteiger partial charge in [-0.3, -0.25) is 0 Å². The first-order chi connectivity index (χ1) is 5.45. The zero-order valence-corrected chi connectivity index (χ0v) is 7.36. The molecule has 0 radical (unpaired) electrons. The predicted molar refractivity (Wildman–Crippen MR) is 39.7 cm³/mol. The van der Waals surface area contributed by atoms with Gasteiger partial charge in [0.2, 0.25) is 0 Å². The fraction of sp³-hybridized carbons (Fsp3) is 0.500. The second kappa shape index (κ2) is 4.97. The standard InChI is InChI=1S/C6H9F3O2Si/c1-2-6(10)11-4-3-5-12(7,8)9/h2H,1,3-5H2. The molecule has 0 aromatic heterocycles. The van der Waals surface area contributed by atoms with Crippen LogP contribution >= 0.6 is 0 Å². The van der Waals surface area contributed by atoms with Crippen molar-refractivity contribution in [2.75, 3.05) is 6.61 Å². The maximum atomic E-state index is 11.6. The highest BCUT2D eigenvalue weighted by Crippen LogP contribution is 2.16. The third-order valence-electron chi connectivity index (χ3n) is 1.02. The summed E-state index contributed by atoms with van der Waals surface area (Å²) >= 11 is 0. The molecule has 0 saturated carbocycles. The van der Waals surface area contributed by atoms with Gasteiger partial charge >= 0.3 is 15.0 Å². The van der Waals surface area contributed by atoms with E-state index >= 15 is 0 Å². The van der Waals surface area contributed by atoms with E-state index in [9.17, 15) is 17.1 Å². The average Bonchev–Trinajstić information content (AvgIpc) is 1.96. The fourth-order valence-corrected chi connectivity index (χ4v) is 1.05. The lowest BCUT2D eigenvalue weighted by Gasteiger charge is -2.02. The van der Waals surface area contributed by atoms with Crippen LogP contribution in [-0.2, 0) is 9.53 Å². The van der Waals surface area contributed by atoms with Gasteiger partial charge in [0.05, 0.1) is 6.61 Å². The van der Waals surface area contributed by atoms with Crippen molar-refractivity contribution in [3.63, 3.8) is 0 Å². The van der Waals surface area contributed by atoms with Gasteiger partial charge < -0.3 is 4.74 Å². The normalized spacial score (nSPS) is 10.9. The molecule has 0 bridgehead atoms. The summed E-state index contributed by atoms with van der Waals surface area (Å²) in [4.78, 5) is 10.3. The molecule has 0 amide bonds. The van der Waals surface area contributed by atoms with Gasteiger partial charge in [-0.15, -0.1) is 0 Å². The van der Waals surface area contributed by atoms with Crippen molar-refractivity contribution in [3.8, 4) is 0 Å². The van der Waals surface area contributed by atoms with Crippen LogP contribution in [0.3, 0.4) is 0 Å². The van der Waals surface area contributed by atoms with Crippen LogP contribution in [0.5, 0.6) is 0 Å². The number of ether oxygens (including phenoxy) is 1. The first-order valence-electron chi connectivity index (χ1n) is 3.31. The Bertz CT molecular complexity index is 167. The molecule has 0 aliphatic heterocycles. The lowest BCUT2D eigenvalue weighted by atomic mass is 10.5. The van der Waals surface area contributed by atoms with E-state index in [2.05, 4.69) is 11.3 Å². The zero-order valence-electron chi connectivity index (χ0n) is 6.36. The molecule has 0 aromatic carbocycles. The number of halogens is 3. The van der Waals surface area contributed by atoms with Crippen LogP contribution in [-0.4, -0.2) is 21.7 Å². The van der Waals surface area contributed by atoms with E-state index in [1.807, 2.05) is 0 Å². The molecule has 0 fully saturated rings. The lowest BCUT2D eigenvalue weighted by Crippen LogP contribution is -2.15. The van der Waals surface area contributed by atoms with Crippen LogP contribution in [0.4, 0.5) is 12.3 Å². The summed E-state index contributed by atoms with van der Waals surface area (Å²) in [5.41, 5.74) is 0. The van der Waals surface area contributed by atoms with Crippen LogP contribution in [0.2, 0.25) is 6.04 Å². The number of rotatable bonds is 5. The Kier molecular flexibility index (Phi) is 4.64. The second-order valence-electron chi connectivity index (χ2n) is 2.09. The highest BCUT2D eigenvalue weighted by atomic mass is 28.5. The van der Waals surface area contributed by atoms with Crippen molar-refractivity contribution in [2.24, 2.45) is 0 Å². The molecule has 0 heterocycles. The Morgan fingerprint density at radius 3 is 2.50 bits per heavy atom. The Balaban J connectivity index is 3.34. The number of carbonyl (C=O) groups is 1. The van der Waals surface area contributed by atoms with E-state index in [1.165, 1.54) is 0 Å². The monoisotopic (exact) mass is 198 g/mol. The van der Waals surface area contributed by atoms with Gasteiger partial charge in [0.25, 0.3) is 0 Å². The molecule has 2 nitrogen and oxygen atoms in total. The van der Waals surface area contributed by atoms with Gasteiger partial charge in [-0.1, -0.05) is 6.58 Å². The zero-order chi connectivity index (χ0) is 9.61. The summed E-state index contributed by atoms with van der Waals surface area (Å²) in [6.45, 7) is 2.92. The van der Waals surface area contributed by atoms with Gasteiger partial charge in [0, 0.05) is 12.1 Å². The van der Waals surface area contributed by atoms with Gasteiger partial charge in [-0.25, -0.2) is 17.1 Å². The molecule has 6 heteroatoms. The third kappa shape index (κ3) is 7.33. The van der Waals surface area contributed by atoms with E-state index in [0.29, 0.717) is 0 Å². The Morgan fingerprint density at radius 1 is 1.50 bits per heavy atom. The summed E-state index contributed by atoms with van der Waals surface area (Å²) < 4.78 is 39.3. The number of hydrogen-bond acceptors (Lipinski definition) is 2. The molecule has 0 aliphatic carbocycles. The van der Waals surface area contributed by atoms with Gasteiger partial charge in [0.15, 0.2) is 0 Å². The summed E-state index contributed by atoms with van der Waals surface area (Å²) in [5, 5.41) is 0. The lowest BCUT2D eigenvalue weighted by molar-refractivity contribution is -0.137. The smallest absolute Gasteiger partial charge is 0.463 e. The van der Waals surface area contributed by atoms with Crippen LogP contribution in [0.25, 0.3) is 0 Å². The van der Waals surface area contributed by atoms with Crippen molar-refractivity contribution < 1.29 is 21.9 Å². The summed E-state index contributed by atoms with van der Waals surface area (Å²) in [6, 6.07) is -0.794. The minimum Gasteiger partial charge on any atom is -0.463 e. The Labute approximate surface area is 69.5 Å². The number of hydrogen-bond donors (Lipinski definition) is 0. The molecule has 0 saturated heterocycles. The maximum absolute atomic E-state index is 11.6.